The molecule has 0 aliphatic rings. The van der Waals surface area contributed by atoms with Crippen molar-refractivity contribution in [3.63, 3.8) is 0 Å². The third kappa shape index (κ3) is 3.93. The van der Waals surface area contributed by atoms with E-state index in [1.165, 1.54) is 5.54 Å². The number of hydrogen-bond donors (Lipinski definition) is 0. The largest absolute Gasteiger partial charge is 0.294 e. The van der Waals surface area contributed by atoms with Gasteiger partial charge in [-0.1, -0.05) is 43.7 Å². The summed E-state index contributed by atoms with van der Waals surface area (Å²) < 4.78 is 0. The first-order valence-electron chi connectivity index (χ1n) is 4.87. The molecule has 0 fully saturated rings. The number of ketones is 1. The zero-order chi connectivity index (χ0) is 11.0. The molecule has 0 heterocycles. The monoisotopic (exact) mass is 212 g/mol. The Morgan fingerprint density at radius 3 is 2.29 bits per heavy atom. The van der Waals surface area contributed by atoms with Gasteiger partial charge in [0.05, 0.1) is 0 Å². The third-order valence-electron chi connectivity index (χ3n) is 1.94. The van der Waals surface area contributed by atoms with Crippen molar-refractivity contribution in [2.45, 2.75) is 33.6 Å². The molecule has 0 aromatic rings. The number of rotatable bonds is 5. The van der Waals surface area contributed by atoms with Gasteiger partial charge in [-0.15, -0.1) is 0 Å². The Balaban J connectivity index is 4.99. The molecule has 0 aliphatic carbocycles. The second-order valence-corrected chi connectivity index (χ2v) is 3.09. The van der Waals surface area contributed by atoms with E-state index in [1.54, 1.807) is 0 Å². The highest BCUT2D eigenvalue weighted by molar-refractivity contribution is 6.26. The van der Waals surface area contributed by atoms with Gasteiger partial charge in [-0.25, -0.2) is 0 Å². The number of carbonyl (C=O) groups is 1. The number of Topliss-reactive ketones (excluding diaryl/α,β-unsaturated/α-hetero) is 1. The Hall–Kier alpha value is -0.820. The van der Waals surface area contributed by atoms with Crippen LogP contribution in [-0.2, 0) is 4.79 Å². The van der Waals surface area contributed by atoms with E-state index in [0.29, 0.717) is 6.42 Å². The SMILES string of the molecule is C\C=C/C=C(C(=O)CC)\C(=C/Cl)CC. The van der Waals surface area contributed by atoms with Crippen LogP contribution in [0.2, 0.25) is 0 Å². The lowest BCUT2D eigenvalue weighted by Gasteiger charge is -2.06. The summed E-state index contributed by atoms with van der Waals surface area (Å²) in [5, 5.41) is 0. The second kappa shape index (κ2) is 7.57. The normalized spacial score (nSPS) is 13.7. The summed E-state index contributed by atoms with van der Waals surface area (Å²) in [4.78, 5) is 11.6. The van der Waals surface area contributed by atoms with Gasteiger partial charge in [0.1, 0.15) is 0 Å². The highest BCUT2D eigenvalue weighted by atomic mass is 35.5. The van der Waals surface area contributed by atoms with Gasteiger partial charge in [-0.05, 0) is 18.9 Å². The van der Waals surface area contributed by atoms with Crippen LogP contribution in [0.4, 0.5) is 0 Å². The van der Waals surface area contributed by atoms with Gasteiger partial charge < -0.3 is 0 Å². The Morgan fingerprint density at radius 2 is 1.93 bits per heavy atom. The second-order valence-electron chi connectivity index (χ2n) is 2.87. The van der Waals surface area contributed by atoms with Crippen LogP contribution in [0, 0.1) is 0 Å². The minimum atomic E-state index is 0.136. The molecular formula is C12H17ClO. The van der Waals surface area contributed by atoms with E-state index >= 15 is 0 Å². The number of allylic oxidation sites excluding steroid dienone is 5. The fraction of sp³-hybridized carbons (Fsp3) is 0.417. The first-order valence-corrected chi connectivity index (χ1v) is 5.30. The van der Waals surface area contributed by atoms with Crippen molar-refractivity contribution in [2.24, 2.45) is 0 Å². The average molecular weight is 213 g/mol. The fourth-order valence-electron chi connectivity index (χ4n) is 1.09. The Kier molecular flexibility index (Phi) is 7.13. The first kappa shape index (κ1) is 13.2. The van der Waals surface area contributed by atoms with Crippen LogP contribution in [0.1, 0.15) is 33.6 Å². The minimum absolute atomic E-state index is 0.136. The van der Waals surface area contributed by atoms with Crippen molar-refractivity contribution in [1.82, 2.24) is 0 Å². The highest BCUT2D eigenvalue weighted by Crippen LogP contribution is 2.17. The molecule has 0 spiro atoms. The lowest BCUT2D eigenvalue weighted by atomic mass is 9.99. The maximum atomic E-state index is 11.6. The van der Waals surface area contributed by atoms with E-state index in [4.69, 9.17) is 11.6 Å². The summed E-state index contributed by atoms with van der Waals surface area (Å²) in [6.07, 6.45) is 6.86. The van der Waals surface area contributed by atoms with E-state index in [-0.39, 0.29) is 5.78 Å². The van der Waals surface area contributed by atoms with Gasteiger partial charge >= 0.3 is 0 Å². The predicted molar refractivity (Wildman–Crippen MR) is 62.4 cm³/mol. The smallest absolute Gasteiger partial charge is 0.162 e. The van der Waals surface area contributed by atoms with E-state index in [1.807, 2.05) is 39.0 Å². The number of hydrogen-bond acceptors (Lipinski definition) is 1. The van der Waals surface area contributed by atoms with E-state index < -0.39 is 0 Å². The lowest BCUT2D eigenvalue weighted by Crippen LogP contribution is -2.02. The van der Waals surface area contributed by atoms with E-state index in [0.717, 1.165) is 17.6 Å². The van der Waals surface area contributed by atoms with Gasteiger partial charge in [0.25, 0.3) is 0 Å². The molecule has 0 saturated carbocycles. The molecule has 0 unspecified atom stereocenters. The third-order valence-corrected chi connectivity index (χ3v) is 2.20. The summed E-state index contributed by atoms with van der Waals surface area (Å²) in [6, 6.07) is 0. The van der Waals surface area contributed by atoms with E-state index in [2.05, 4.69) is 0 Å². The van der Waals surface area contributed by atoms with Crippen LogP contribution in [0.3, 0.4) is 0 Å². The molecule has 0 rings (SSSR count). The first-order chi connectivity index (χ1) is 6.71. The van der Waals surface area contributed by atoms with Crippen molar-refractivity contribution in [3.05, 3.63) is 34.9 Å². The summed E-state index contributed by atoms with van der Waals surface area (Å²) in [5.41, 5.74) is 3.11. The molecule has 2 heteroatoms. The molecule has 14 heavy (non-hydrogen) atoms. The average Bonchev–Trinajstić information content (AvgIpc) is 2.23. The Morgan fingerprint density at radius 1 is 1.29 bits per heavy atom. The molecule has 0 atom stereocenters. The summed E-state index contributed by atoms with van der Waals surface area (Å²) >= 11 is 5.66. The predicted octanol–water partition coefficient (Wildman–Crippen LogP) is 4.00. The molecule has 78 valence electrons. The molecule has 0 amide bonds. The standard InChI is InChI=1S/C12H17ClO/c1-4-7-8-11(12(14)6-3)10(5-2)9-13/h4,7-9H,5-6H2,1-3H3/b7-4-,10-9-,11-8+. The molecule has 0 aliphatic heterocycles. The number of halogens is 1. The zero-order valence-corrected chi connectivity index (χ0v) is 9.77. The number of carbonyl (C=O) groups excluding carboxylic acids is 1. The Labute approximate surface area is 91.1 Å². The van der Waals surface area contributed by atoms with Crippen molar-refractivity contribution < 1.29 is 4.79 Å². The van der Waals surface area contributed by atoms with Gasteiger partial charge in [0.15, 0.2) is 5.78 Å². The maximum Gasteiger partial charge on any atom is 0.162 e. The quantitative estimate of drug-likeness (QED) is 0.497. The minimum Gasteiger partial charge on any atom is -0.294 e. The summed E-state index contributed by atoms with van der Waals surface area (Å²) in [7, 11) is 0. The van der Waals surface area contributed by atoms with Crippen LogP contribution in [0.15, 0.2) is 34.9 Å². The van der Waals surface area contributed by atoms with Crippen molar-refractivity contribution in [1.29, 1.82) is 0 Å². The van der Waals surface area contributed by atoms with Gasteiger partial charge in [0, 0.05) is 17.5 Å². The van der Waals surface area contributed by atoms with Crippen LogP contribution in [0.5, 0.6) is 0 Å². The molecule has 0 aromatic carbocycles. The van der Waals surface area contributed by atoms with Crippen molar-refractivity contribution in [3.8, 4) is 0 Å². The van der Waals surface area contributed by atoms with Gasteiger partial charge in [0.2, 0.25) is 0 Å². The molecule has 0 radical (unpaired) electrons. The van der Waals surface area contributed by atoms with Crippen LogP contribution < -0.4 is 0 Å². The van der Waals surface area contributed by atoms with E-state index in [9.17, 15) is 4.79 Å². The Bertz CT molecular complexity index is 272. The van der Waals surface area contributed by atoms with Crippen molar-refractivity contribution >= 4 is 17.4 Å². The molecule has 0 N–H and O–H groups in total. The summed E-state index contributed by atoms with van der Waals surface area (Å²) in [5.74, 6) is 0.136. The summed E-state index contributed by atoms with van der Waals surface area (Å²) in [6.45, 7) is 5.76. The van der Waals surface area contributed by atoms with Crippen molar-refractivity contribution in [2.75, 3.05) is 0 Å². The van der Waals surface area contributed by atoms with Gasteiger partial charge in [-0.3, -0.25) is 4.79 Å². The highest BCUT2D eigenvalue weighted by Gasteiger charge is 2.09. The molecule has 0 aromatic heterocycles. The van der Waals surface area contributed by atoms with Crippen LogP contribution in [-0.4, -0.2) is 5.78 Å². The topological polar surface area (TPSA) is 17.1 Å². The van der Waals surface area contributed by atoms with Gasteiger partial charge in [-0.2, -0.15) is 0 Å². The lowest BCUT2D eigenvalue weighted by molar-refractivity contribution is -0.115. The zero-order valence-electron chi connectivity index (χ0n) is 9.01. The fourth-order valence-corrected chi connectivity index (χ4v) is 1.36. The van der Waals surface area contributed by atoms with Crippen LogP contribution >= 0.6 is 11.6 Å². The molecule has 1 nitrogen and oxygen atoms in total. The molecule has 0 saturated heterocycles. The molecule has 0 bridgehead atoms. The molecular weight excluding hydrogens is 196 g/mol. The maximum absolute atomic E-state index is 11.6. The van der Waals surface area contributed by atoms with Crippen LogP contribution in [0.25, 0.3) is 0 Å².